The fraction of sp³-hybridized carbons (Fsp3) is 0.333. The molecule has 0 saturated carbocycles. The minimum Gasteiger partial charge on any atom is -0.327 e. The molecule has 2 rings (SSSR count). The molecular weight excluding hydrogens is 218 g/mol. The lowest BCUT2D eigenvalue weighted by Gasteiger charge is -2.08. The van der Waals surface area contributed by atoms with Crippen LogP contribution >= 0.6 is 11.8 Å². The third-order valence-corrected chi connectivity index (χ3v) is 3.66. The number of hydrogen-bond donors (Lipinski definition) is 1. The summed E-state index contributed by atoms with van der Waals surface area (Å²) in [6, 6.07) is 8.28. The highest BCUT2D eigenvalue weighted by Crippen LogP contribution is 2.24. The van der Waals surface area contributed by atoms with Crippen molar-refractivity contribution in [3.8, 4) is 0 Å². The summed E-state index contributed by atoms with van der Waals surface area (Å²) in [5.41, 5.74) is 6.89. The molecule has 2 N–H and O–H groups in total. The Hall–Kier alpha value is -1.13. The number of para-hydroxylation sites is 1. The highest BCUT2D eigenvalue weighted by atomic mass is 32.2. The number of rotatable bonds is 4. The van der Waals surface area contributed by atoms with Gasteiger partial charge in [0.05, 0.1) is 5.52 Å². The number of benzene rings is 1. The normalized spacial score (nSPS) is 12.9. The molecule has 1 heterocycles. The average Bonchev–Trinajstić information content (AvgIpc) is 2.35. The summed E-state index contributed by atoms with van der Waals surface area (Å²) >= 11 is 1.71. The highest BCUT2D eigenvalue weighted by molar-refractivity contribution is 7.99. The van der Waals surface area contributed by atoms with E-state index in [-0.39, 0.29) is 6.04 Å². The molecule has 0 bridgehead atoms. The molecule has 1 unspecified atom stereocenters. The topological polar surface area (TPSA) is 51.8 Å². The molecule has 0 fully saturated rings. The molecule has 0 saturated heterocycles. The van der Waals surface area contributed by atoms with Crippen molar-refractivity contribution < 1.29 is 0 Å². The third-order valence-electron chi connectivity index (χ3n) is 2.46. The molecular formula is C12H15N3S. The molecule has 0 radical (unpaired) electrons. The van der Waals surface area contributed by atoms with Gasteiger partial charge in [-0.05, 0) is 12.5 Å². The van der Waals surface area contributed by atoms with E-state index in [0.29, 0.717) is 0 Å². The Morgan fingerprint density at radius 3 is 2.94 bits per heavy atom. The average molecular weight is 233 g/mol. The molecule has 0 spiro atoms. The first kappa shape index (κ1) is 11.4. The van der Waals surface area contributed by atoms with E-state index < -0.39 is 0 Å². The molecule has 1 atom stereocenters. The smallest absolute Gasteiger partial charge is 0.117 e. The highest BCUT2D eigenvalue weighted by Gasteiger charge is 2.05. The van der Waals surface area contributed by atoms with E-state index in [9.17, 15) is 0 Å². The van der Waals surface area contributed by atoms with Crippen LogP contribution in [0.3, 0.4) is 0 Å². The van der Waals surface area contributed by atoms with Crippen LogP contribution in [0.15, 0.2) is 35.6 Å². The van der Waals surface area contributed by atoms with Crippen LogP contribution < -0.4 is 5.73 Å². The quantitative estimate of drug-likeness (QED) is 0.651. The van der Waals surface area contributed by atoms with Gasteiger partial charge >= 0.3 is 0 Å². The molecule has 1 aromatic carbocycles. The molecule has 4 heteroatoms. The molecule has 0 aliphatic heterocycles. The molecule has 16 heavy (non-hydrogen) atoms. The van der Waals surface area contributed by atoms with Crippen molar-refractivity contribution in [2.45, 2.75) is 24.4 Å². The van der Waals surface area contributed by atoms with E-state index in [4.69, 9.17) is 5.73 Å². The summed E-state index contributed by atoms with van der Waals surface area (Å²) < 4.78 is 0. The lowest BCUT2D eigenvalue weighted by Crippen LogP contribution is -2.21. The van der Waals surface area contributed by atoms with Crippen molar-refractivity contribution >= 4 is 22.7 Å². The molecule has 0 amide bonds. The first-order valence-electron chi connectivity index (χ1n) is 5.39. The van der Waals surface area contributed by atoms with E-state index >= 15 is 0 Å². The molecule has 0 aliphatic rings. The molecule has 2 aromatic rings. The Bertz CT molecular complexity index is 467. The Labute approximate surface area is 99.5 Å². The van der Waals surface area contributed by atoms with E-state index in [0.717, 1.165) is 28.1 Å². The van der Waals surface area contributed by atoms with Gasteiger partial charge in [0.2, 0.25) is 0 Å². The van der Waals surface area contributed by atoms with Crippen LogP contribution in [0, 0.1) is 0 Å². The summed E-state index contributed by atoms with van der Waals surface area (Å²) in [6.45, 7) is 2.10. The van der Waals surface area contributed by atoms with Crippen LogP contribution in [0.5, 0.6) is 0 Å². The van der Waals surface area contributed by atoms with Gasteiger partial charge in [-0.3, -0.25) is 0 Å². The van der Waals surface area contributed by atoms with Crippen LogP contribution in [0.25, 0.3) is 10.9 Å². The van der Waals surface area contributed by atoms with E-state index in [1.807, 2.05) is 18.2 Å². The fourth-order valence-corrected chi connectivity index (χ4v) is 2.46. The van der Waals surface area contributed by atoms with Crippen molar-refractivity contribution in [1.82, 2.24) is 9.97 Å². The number of nitrogens with zero attached hydrogens (tertiary/aromatic N) is 2. The zero-order valence-corrected chi connectivity index (χ0v) is 10.1. The van der Waals surface area contributed by atoms with Crippen molar-refractivity contribution in [1.29, 1.82) is 0 Å². The Morgan fingerprint density at radius 1 is 1.31 bits per heavy atom. The van der Waals surface area contributed by atoms with Crippen molar-refractivity contribution in [2.24, 2.45) is 5.73 Å². The summed E-state index contributed by atoms with van der Waals surface area (Å²) in [5.74, 6) is 0.900. The zero-order chi connectivity index (χ0) is 11.4. The first-order valence-corrected chi connectivity index (χ1v) is 6.38. The van der Waals surface area contributed by atoms with Crippen molar-refractivity contribution in [2.75, 3.05) is 5.75 Å². The number of hydrogen-bond acceptors (Lipinski definition) is 4. The largest absolute Gasteiger partial charge is 0.327 e. The maximum atomic E-state index is 5.90. The predicted octanol–water partition coefficient (Wildman–Crippen LogP) is 2.46. The number of thioether (sulfide) groups is 1. The minimum atomic E-state index is 0.235. The predicted molar refractivity (Wildman–Crippen MR) is 68.5 cm³/mol. The van der Waals surface area contributed by atoms with Crippen LogP contribution in [-0.4, -0.2) is 21.8 Å². The van der Waals surface area contributed by atoms with Crippen molar-refractivity contribution in [3.63, 3.8) is 0 Å². The van der Waals surface area contributed by atoms with Crippen LogP contribution in [0.2, 0.25) is 0 Å². The number of fused-ring (bicyclic) bond motifs is 1. The van der Waals surface area contributed by atoms with Gasteiger partial charge in [0.15, 0.2) is 0 Å². The monoisotopic (exact) mass is 233 g/mol. The fourth-order valence-electron chi connectivity index (χ4n) is 1.40. The second-order valence-corrected chi connectivity index (χ2v) is 4.68. The van der Waals surface area contributed by atoms with Gasteiger partial charge in [-0.15, -0.1) is 11.8 Å². The number of nitrogens with two attached hydrogens (primary N) is 1. The summed E-state index contributed by atoms with van der Waals surface area (Å²) in [5, 5.41) is 2.13. The molecule has 84 valence electrons. The van der Waals surface area contributed by atoms with Gasteiger partial charge in [-0.25, -0.2) is 9.97 Å². The summed E-state index contributed by atoms with van der Waals surface area (Å²) in [6.07, 6.45) is 2.61. The third kappa shape index (κ3) is 2.51. The zero-order valence-electron chi connectivity index (χ0n) is 9.26. The number of aromatic nitrogens is 2. The van der Waals surface area contributed by atoms with Crippen LogP contribution in [0.4, 0.5) is 0 Å². The maximum Gasteiger partial charge on any atom is 0.117 e. The second kappa shape index (κ2) is 5.27. The van der Waals surface area contributed by atoms with Gasteiger partial charge in [0.25, 0.3) is 0 Å². The second-order valence-electron chi connectivity index (χ2n) is 3.68. The first-order chi connectivity index (χ1) is 7.81. The minimum absolute atomic E-state index is 0.235. The summed E-state index contributed by atoms with van der Waals surface area (Å²) in [7, 11) is 0. The van der Waals surface area contributed by atoms with Gasteiger partial charge in [-0.1, -0.05) is 25.1 Å². The Kier molecular flexibility index (Phi) is 3.74. The molecule has 1 aromatic heterocycles. The Morgan fingerprint density at radius 2 is 2.12 bits per heavy atom. The van der Waals surface area contributed by atoms with Crippen LogP contribution in [-0.2, 0) is 0 Å². The van der Waals surface area contributed by atoms with Gasteiger partial charge in [-0.2, -0.15) is 0 Å². The van der Waals surface area contributed by atoms with Gasteiger partial charge in [0.1, 0.15) is 11.4 Å². The Balaban J connectivity index is 2.23. The summed E-state index contributed by atoms with van der Waals surface area (Å²) in [4.78, 5) is 8.54. The lowest BCUT2D eigenvalue weighted by atomic mass is 10.2. The van der Waals surface area contributed by atoms with E-state index in [1.54, 1.807) is 18.1 Å². The van der Waals surface area contributed by atoms with Gasteiger partial charge in [0, 0.05) is 17.2 Å². The molecule has 3 nitrogen and oxygen atoms in total. The van der Waals surface area contributed by atoms with E-state index in [2.05, 4.69) is 23.0 Å². The SMILES string of the molecule is CCC(N)CSc1ncnc2ccccc12. The maximum absolute atomic E-state index is 5.90. The lowest BCUT2D eigenvalue weighted by molar-refractivity contribution is 0.724. The van der Waals surface area contributed by atoms with Crippen LogP contribution in [0.1, 0.15) is 13.3 Å². The van der Waals surface area contributed by atoms with Crippen molar-refractivity contribution in [3.05, 3.63) is 30.6 Å². The van der Waals surface area contributed by atoms with Gasteiger partial charge < -0.3 is 5.73 Å². The van der Waals surface area contributed by atoms with E-state index in [1.165, 1.54) is 0 Å². The standard InChI is InChI=1S/C12H15N3S/c1-2-9(13)7-16-12-10-5-3-4-6-11(10)14-8-15-12/h3-6,8-9H,2,7,13H2,1H3. The molecule has 0 aliphatic carbocycles.